The number of aliphatic hydroxyl groups excluding tert-OH is 1. The third-order valence-electron chi connectivity index (χ3n) is 3.43. The van der Waals surface area contributed by atoms with Crippen LogP contribution >= 0.6 is 11.6 Å². The molecule has 6 heteroatoms. The molecule has 1 aliphatic carbocycles. The minimum absolute atomic E-state index is 0.0411. The van der Waals surface area contributed by atoms with Crippen molar-refractivity contribution in [3.8, 4) is 11.5 Å². The quantitative estimate of drug-likeness (QED) is 0.919. The van der Waals surface area contributed by atoms with Crippen LogP contribution in [0.5, 0.6) is 11.5 Å². The second kappa shape index (κ2) is 5.50. The molecule has 0 spiro atoms. The Labute approximate surface area is 122 Å². The average molecular weight is 298 g/mol. The van der Waals surface area contributed by atoms with Crippen molar-refractivity contribution in [1.29, 1.82) is 0 Å². The molecule has 1 aliphatic heterocycles. The van der Waals surface area contributed by atoms with Gasteiger partial charge in [-0.25, -0.2) is 0 Å². The lowest BCUT2D eigenvalue weighted by Gasteiger charge is -2.24. The highest BCUT2D eigenvalue weighted by atomic mass is 35.5. The van der Waals surface area contributed by atoms with Crippen LogP contribution in [-0.2, 0) is 0 Å². The van der Waals surface area contributed by atoms with Crippen molar-refractivity contribution >= 4 is 17.5 Å². The molecule has 2 aliphatic rings. The molecule has 5 nitrogen and oxygen atoms in total. The van der Waals surface area contributed by atoms with Gasteiger partial charge in [-0.3, -0.25) is 4.79 Å². The van der Waals surface area contributed by atoms with E-state index in [2.05, 4.69) is 0 Å². The molecule has 1 saturated carbocycles. The topological polar surface area (TPSA) is 59.0 Å². The van der Waals surface area contributed by atoms with Gasteiger partial charge in [0.15, 0.2) is 11.5 Å². The van der Waals surface area contributed by atoms with Crippen molar-refractivity contribution < 1.29 is 19.4 Å². The van der Waals surface area contributed by atoms with Gasteiger partial charge in [-0.05, 0) is 25.0 Å². The zero-order valence-electron chi connectivity index (χ0n) is 11.0. The van der Waals surface area contributed by atoms with Gasteiger partial charge in [0.1, 0.15) is 13.2 Å². The summed E-state index contributed by atoms with van der Waals surface area (Å²) in [5, 5.41) is 9.47. The zero-order valence-corrected chi connectivity index (χ0v) is 11.7. The predicted molar refractivity (Wildman–Crippen MR) is 73.6 cm³/mol. The van der Waals surface area contributed by atoms with Gasteiger partial charge in [-0.15, -0.1) is 0 Å². The van der Waals surface area contributed by atoms with Crippen LogP contribution in [-0.4, -0.2) is 48.3 Å². The van der Waals surface area contributed by atoms with Crippen LogP contribution in [0.15, 0.2) is 12.1 Å². The molecule has 0 bridgehead atoms. The van der Waals surface area contributed by atoms with Crippen molar-refractivity contribution in [2.24, 2.45) is 0 Å². The van der Waals surface area contributed by atoms with E-state index in [0.717, 1.165) is 12.8 Å². The highest BCUT2D eigenvalue weighted by Gasteiger charge is 2.33. The van der Waals surface area contributed by atoms with Crippen molar-refractivity contribution in [2.75, 3.05) is 26.4 Å². The fourth-order valence-electron chi connectivity index (χ4n) is 2.34. The summed E-state index contributed by atoms with van der Waals surface area (Å²) >= 11 is 6.14. The molecule has 1 heterocycles. The first kappa shape index (κ1) is 13.5. The number of halogens is 1. The smallest absolute Gasteiger partial charge is 0.254 e. The molecule has 20 heavy (non-hydrogen) atoms. The highest BCUT2D eigenvalue weighted by Crippen LogP contribution is 2.39. The molecule has 1 amide bonds. The summed E-state index contributed by atoms with van der Waals surface area (Å²) in [6.07, 6.45) is 1.98. The number of rotatable bonds is 4. The first-order valence-electron chi connectivity index (χ1n) is 6.71. The van der Waals surface area contributed by atoms with Gasteiger partial charge in [0, 0.05) is 18.2 Å². The Balaban J connectivity index is 1.89. The number of benzene rings is 1. The normalized spacial score (nSPS) is 16.9. The number of aliphatic hydroxyl groups is 1. The molecule has 3 rings (SSSR count). The third-order valence-corrected chi connectivity index (χ3v) is 3.71. The second-order valence-corrected chi connectivity index (χ2v) is 5.34. The van der Waals surface area contributed by atoms with Crippen LogP contribution in [0.4, 0.5) is 0 Å². The summed E-state index contributed by atoms with van der Waals surface area (Å²) in [6, 6.07) is 3.50. The second-order valence-electron chi connectivity index (χ2n) is 4.94. The van der Waals surface area contributed by atoms with E-state index in [9.17, 15) is 4.79 Å². The van der Waals surface area contributed by atoms with Crippen LogP contribution < -0.4 is 9.47 Å². The molecule has 0 saturated heterocycles. The number of fused-ring (bicyclic) bond motifs is 1. The van der Waals surface area contributed by atoms with Crippen LogP contribution in [0.3, 0.4) is 0 Å². The standard InChI is InChI=1S/C14H16ClNO4/c15-11-7-9(8-12-13(11)20-6-5-19-12)14(18)16(3-4-17)10-1-2-10/h7-8,10,17H,1-6H2. The summed E-state index contributed by atoms with van der Waals surface area (Å²) < 4.78 is 10.9. The first-order valence-corrected chi connectivity index (χ1v) is 7.09. The Hall–Kier alpha value is -1.46. The number of amides is 1. The van der Waals surface area contributed by atoms with Crippen LogP contribution in [0.2, 0.25) is 5.02 Å². The molecule has 1 fully saturated rings. The maximum Gasteiger partial charge on any atom is 0.254 e. The number of hydrogen-bond acceptors (Lipinski definition) is 4. The van der Waals surface area contributed by atoms with E-state index < -0.39 is 0 Å². The maximum atomic E-state index is 12.5. The van der Waals surface area contributed by atoms with Gasteiger partial charge in [-0.2, -0.15) is 0 Å². The zero-order chi connectivity index (χ0) is 14.1. The Bertz CT molecular complexity index is 530. The molecule has 0 atom stereocenters. The third kappa shape index (κ3) is 2.55. The Kier molecular flexibility index (Phi) is 3.72. The van der Waals surface area contributed by atoms with Crippen molar-refractivity contribution in [3.05, 3.63) is 22.7 Å². The lowest BCUT2D eigenvalue weighted by atomic mass is 10.1. The maximum absolute atomic E-state index is 12.5. The van der Waals surface area contributed by atoms with Gasteiger partial charge in [0.25, 0.3) is 5.91 Å². The molecular weight excluding hydrogens is 282 g/mol. The fourth-order valence-corrected chi connectivity index (χ4v) is 2.61. The van der Waals surface area contributed by atoms with Gasteiger partial charge >= 0.3 is 0 Å². The van der Waals surface area contributed by atoms with E-state index in [1.165, 1.54) is 0 Å². The SMILES string of the molecule is O=C(c1cc(Cl)c2c(c1)OCCO2)N(CCO)C1CC1. The Morgan fingerprint density at radius 1 is 1.35 bits per heavy atom. The van der Waals surface area contributed by atoms with Gasteiger partial charge in [-0.1, -0.05) is 11.6 Å². The molecule has 0 radical (unpaired) electrons. The largest absolute Gasteiger partial charge is 0.486 e. The van der Waals surface area contributed by atoms with E-state index in [0.29, 0.717) is 41.8 Å². The van der Waals surface area contributed by atoms with Crippen LogP contribution in [0, 0.1) is 0 Å². The van der Waals surface area contributed by atoms with E-state index in [1.807, 2.05) is 0 Å². The van der Waals surface area contributed by atoms with Gasteiger partial charge in [0.05, 0.1) is 11.6 Å². The predicted octanol–water partition coefficient (Wildman–Crippen LogP) is 1.71. The number of hydrogen-bond donors (Lipinski definition) is 1. The van der Waals surface area contributed by atoms with Crippen molar-refractivity contribution in [3.63, 3.8) is 0 Å². The average Bonchev–Trinajstić information content (AvgIpc) is 3.28. The highest BCUT2D eigenvalue weighted by molar-refractivity contribution is 6.32. The minimum Gasteiger partial charge on any atom is -0.486 e. The van der Waals surface area contributed by atoms with Crippen LogP contribution in [0.25, 0.3) is 0 Å². The summed E-state index contributed by atoms with van der Waals surface area (Å²) in [6.45, 7) is 1.21. The van der Waals surface area contributed by atoms with Gasteiger partial charge in [0.2, 0.25) is 0 Å². The Morgan fingerprint density at radius 2 is 2.10 bits per heavy atom. The Morgan fingerprint density at radius 3 is 2.80 bits per heavy atom. The lowest BCUT2D eigenvalue weighted by Crippen LogP contribution is -2.35. The first-order chi connectivity index (χ1) is 9.70. The fraction of sp³-hybridized carbons (Fsp3) is 0.500. The molecule has 1 aromatic rings. The number of ether oxygens (including phenoxy) is 2. The van der Waals surface area contributed by atoms with Crippen molar-refractivity contribution in [1.82, 2.24) is 4.90 Å². The van der Waals surface area contributed by atoms with E-state index >= 15 is 0 Å². The number of carbonyl (C=O) groups excluding carboxylic acids is 1. The lowest BCUT2D eigenvalue weighted by molar-refractivity contribution is 0.0706. The molecular formula is C14H16ClNO4. The molecule has 0 unspecified atom stereocenters. The monoisotopic (exact) mass is 297 g/mol. The molecule has 1 N–H and O–H groups in total. The number of carbonyl (C=O) groups is 1. The summed E-state index contributed by atoms with van der Waals surface area (Å²) in [5.74, 6) is 0.877. The summed E-state index contributed by atoms with van der Waals surface area (Å²) in [4.78, 5) is 14.2. The summed E-state index contributed by atoms with van der Waals surface area (Å²) in [5.41, 5.74) is 0.472. The van der Waals surface area contributed by atoms with Crippen LogP contribution in [0.1, 0.15) is 23.2 Å². The minimum atomic E-state index is -0.125. The summed E-state index contributed by atoms with van der Waals surface area (Å²) in [7, 11) is 0. The molecule has 1 aromatic carbocycles. The van der Waals surface area contributed by atoms with E-state index in [4.69, 9.17) is 26.2 Å². The molecule has 108 valence electrons. The molecule has 0 aromatic heterocycles. The number of nitrogens with zero attached hydrogens (tertiary/aromatic N) is 1. The van der Waals surface area contributed by atoms with E-state index in [1.54, 1.807) is 17.0 Å². The van der Waals surface area contributed by atoms with Gasteiger partial charge < -0.3 is 19.5 Å². The van der Waals surface area contributed by atoms with E-state index in [-0.39, 0.29) is 18.6 Å². The van der Waals surface area contributed by atoms with Crippen molar-refractivity contribution in [2.45, 2.75) is 18.9 Å².